The highest BCUT2D eigenvalue weighted by Gasteiger charge is 2.54. The van der Waals surface area contributed by atoms with Crippen molar-refractivity contribution in [1.82, 2.24) is 24.6 Å². The lowest BCUT2D eigenvalue weighted by Gasteiger charge is -2.49. The first-order chi connectivity index (χ1) is 15.4. The van der Waals surface area contributed by atoms with E-state index >= 15 is 0 Å². The van der Waals surface area contributed by atoms with Crippen LogP contribution in [0.2, 0.25) is 0 Å². The monoisotopic (exact) mass is 512 g/mol. The second-order valence-corrected chi connectivity index (χ2v) is 10.3. The van der Waals surface area contributed by atoms with Crippen molar-refractivity contribution in [2.45, 2.75) is 22.7 Å². The van der Waals surface area contributed by atoms with Gasteiger partial charge in [0.15, 0.2) is 10.1 Å². The molecule has 2 aliphatic heterocycles. The highest BCUT2D eigenvalue weighted by molar-refractivity contribution is 8.01. The fourth-order valence-electron chi connectivity index (χ4n) is 3.11. The predicted molar refractivity (Wildman–Crippen MR) is 121 cm³/mol. The van der Waals surface area contributed by atoms with Crippen molar-refractivity contribution >= 4 is 69.9 Å². The van der Waals surface area contributed by atoms with Crippen LogP contribution in [0.5, 0.6) is 0 Å². The van der Waals surface area contributed by atoms with Crippen LogP contribution in [0.1, 0.15) is 11.5 Å². The van der Waals surface area contributed by atoms with Crippen LogP contribution in [0.4, 0.5) is 0 Å². The number of hydrogen-bond acceptors (Lipinski definition) is 12. The standard InChI is InChI=1S/C17H16N6O5S4/c1-7-19-17(32-22-7)31-4-8-3-30-15-11(14(25)23(15)12(8)16(26)27)20-13(24)10(21-28-2)9-5-29-6-18-9/h5-6,11,15H,3-4H2,1-2H3,(H,20,24)(H,26,27)/b21-10-/t11?,15-/m1/s1. The van der Waals surface area contributed by atoms with E-state index in [0.717, 1.165) is 4.34 Å². The van der Waals surface area contributed by atoms with Gasteiger partial charge in [0.2, 0.25) is 0 Å². The van der Waals surface area contributed by atoms with Gasteiger partial charge in [-0.25, -0.2) is 14.8 Å². The van der Waals surface area contributed by atoms with Crippen LogP contribution >= 0.6 is 46.4 Å². The van der Waals surface area contributed by atoms with E-state index in [2.05, 4.69) is 24.8 Å². The third-order valence-electron chi connectivity index (χ3n) is 4.49. The number of aromatic nitrogens is 3. The number of carboxylic acids is 1. The molecule has 2 amide bonds. The normalized spacial score (nSPS) is 20.6. The zero-order valence-electron chi connectivity index (χ0n) is 16.7. The number of β-lactam (4-membered cyclic amide) rings is 1. The zero-order valence-corrected chi connectivity index (χ0v) is 19.9. The fraction of sp³-hybridized carbons (Fsp3) is 0.353. The molecule has 2 N–H and O–H groups in total. The maximum atomic E-state index is 12.8. The number of rotatable bonds is 8. The number of amides is 2. The first kappa shape index (κ1) is 22.7. The third kappa shape index (κ3) is 4.37. The van der Waals surface area contributed by atoms with Crippen molar-refractivity contribution in [1.29, 1.82) is 0 Å². The van der Waals surface area contributed by atoms with Crippen LogP contribution in [0.3, 0.4) is 0 Å². The molecule has 0 bridgehead atoms. The molecule has 2 atom stereocenters. The Morgan fingerprint density at radius 1 is 1.47 bits per heavy atom. The Morgan fingerprint density at radius 2 is 2.28 bits per heavy atom. The van der Waals surface area contributed by atoms with E-state index in [9.17, 15) is 19.5 Å². The topological polar surface area (TPSA) is 147 Å². The van der Waals surface area contributed by atoms with Crippen LogP contribution in [-0.4, -0.2) is 77.9 Å². The lowest BCUT2D eigenvalue weighted by atomic mass is 10.0. The third-order valence-corrected chi connectivity index (χ3v) is 8.43. The molecule has 4 rings (SSSR count). The molecule has 0 saturated carbocycles. The van der Waals surface area contributed by atoms with Crippen molar-refractivity contribution in [3.63, 3.8) is 0 Å². The van der Waals surface area contributed by atoms with Gasteiger partial charge < -0.3 is 15.3 Å². The summed E-state index contributed by atoms with van der Waals surface area (Å²) in [6.45, 7) is 1.79. The van der Waals surface area contributed by atoms with Crippen molar-refractivity contribution in [3.8, 4) is 0 Å². The van der Waals surface area contributed by atoms with Crippen molar-refractivity contribution < 1.29 is 24.3 Å². The summed E-state index contributed by atoms with van der Waals surface area (Å²) >= 11 is 5.32. The van der Waals surface area contributed by atoms with Crippen LogP contribution in [0.15, 0.2) is 31.7 Å². The van der Waals surface area contributed by atoms with Gasteiger partial charge in [-0.1, -0.05) is 16.9 Å². The molecule has 0 radical (unpaired) electrons. The lowest BCUT2D eigenvalue weighted by molar-refractivity contribution is -0.150. The number of hydrogen-bond donors (Lipinski definition) is 2. The van der Waals surface area contributed by atoms with Crippen molar-refractivity contribution in [3.05, 3.63) is 33.7 Å². The van der Waals surface area contributed by atoms with E-state index < -0.39 is 29.2 Å². The number of aliphatic carboxylic acids is 1. The second kappa shape index (κ2) is 9.56. The van der Waals surface area contributed by atoms with Gasteiger partial charge in [-0.2, -0.15) is 4.37 Å². The van der Waals surface area contributed by atoms with E-state index in [1.807, 2.05) is 0 Å². The fourth-order valence-corrected chi connectivity index (χ4v) is 6.78. The minimum Gasteiger partial charge on any atom is -0.477 e. The van der Waals surface area contributed by atoms with E-state index in [-0.39, 0.29) is 11.4 Å². The smallest absolute Gasteiger partial charge is 0.352 e. The molecule has 2 aromatic rings. The highest BCUT2D eigenvalue weighted by Crippen LogP contribution is 2.41. The number of oxime groups is 1. The summed E-state index contributed by atoms with van der Waals surface area (Å²) in [4.78, 5) is 51.8. The zero-order chi connectivity index (χ0) is 22.8. The van der Waals surface area contributed by atoms with Gasteiger partial charge in [0, 0.05) is 16.9 Å². The van der Waals surface area contributed by atoms with Crippen molar-refractivity contribution in [2.75, 3.05) is 18.6 Å². The summed E-state index contributed by atoms with van der Waals surface area (Å²) in [5.74, 6) is -0.832. The molecule has 1 saturated heterocycles. The Bertz CT molecular complexity index is 1110. The molecule has 4 heterocycles. The number of carbonyl (C=O) groups excluding carboxylic acids is 2. The molecule has 168 valence electrons. The number of thioether (sulfide) groups is 2. The van der Waals surface area contributed by atoms with Gasteiger partial charge in [-0.05, 0) is 24.0 Å². The second-order valence-electron chi connectivity index (χ2n) is 6.51. The maximum Gasteiger partial charge on any atom is 0.352 e. The summed E-state index contributed by atoms with van der Waals surface area (Å²) < 4.78 is 4.85. The summed E-state index contributed by atoms with van der Waals surface area (Å²) in [5, 5.41) is 17.2. The first-order valence-corrected chi connectivity index (χ1v) is 12.8. The summed E-state index contributed by atoms with van der Waals surface area (Å²) in [6.07, 6.45) is 0. The van der Waals surface area contributed by atoms with Gasteiger partial charge in [-0.15, -0.1) is 23.1 Å². The molecule has 11 nitrogen and oxygen atoms in total. The van der Waals surface area contributed by atoms with E-state index in [0.29, 0.717) is 28.6 Å². The average molecular weight is 513 g/mol. The predicted octanol–water partition coefficient (Wildman–Crippen LogP) is 1.18. The number of thiazole rings is 1. The van der Waals surface area contributed by atoms with Crippen LogP contribution in [0, 0.1) is 6.92 Å². The van der Waals surface area contributed by atoms with Gasteiger partial charge in [0.05, 0.1) is 5.51 Å². The van der Waals surface area contributed by atoms with Gasteiger partial charge in [0.1, 0.15) is 35.7 Å². The number of carbonyl (C=O) groups is 3. The van der Waals surface area contributed by atoms with E-state index in [1.165, 1.54) is 58.4 Å². The summed E-state index contributed by atoms with van der Waals surface area (Å²) in [7, 11) is 1.30. The molecule has 0 aromatic carbocycles. The van der Waals surface area contributed by atoms with Gasteiger partial charge in [0.25, 0.3) is 11.8 Å². The molecule has 2 aliphatic rings. The van der Waals surface area contributed by atoms with E-state index in [4.69, 9.17) is 4.84 Å². The van der Waals surface area contributed by atoms with Crippen molar-refractivity contribution in [2.24, 2.45) is 5.16 Å². The van der Waals surface area contributed by atoms with Gasteiger partial charge >= 0.3 is 5.97 Å². The highest BCUT2D eigenvalue weighted by atomic mass is 32.2. The van der Waals surface area contributed by atoms with E-state index in [1.54, 1.807) is 17.8 Å². The first-order valence-electron chi connectivity index (χ1n) is 9.04. The average Bonchev–Trinajstić information content (AvgIpc) is 3.45. The largest absolute Gasteiger partial charge is 0.477 e. The van der Waals surface area contributed by atoms with Crippen LogP contribution in [-0.2, 0) is 19.2 Å². The SMILES string of the molecule is CO/N=C(\C(=O)NC1C(=O)N2C(C(=O)O)=C(CSc3nc(C)ns3)CS[C@H]12)c1cscn1. The molecule has 0 aliphatic carbocycles. The van der Waals surface area contributed by atoms with Crippen LogP contribution < -0.4 is 5.32 Å². The molecule has 1 fully saturated rings. The quantitative estimate of drug-likeness (QED) is 0.229. The molecular weight excluding hydrogens is 496 g/mol. The Labute approximate surface area is 198 Å². The molecule has 1 unspecified atom stereocenters. The molecule has 32 heavy (non-hydrogen) atoms. The Kier molecular flexibility index (Phi) is 6.78. The Hall–Kier alpha value is -2.49. The minimum atomic E-state index is -1.18. The Balaban J connectivity index is 1.48. The molecular formula is C17H16N6O5S4. The molecule has 2 aromatic heterocycles. The maximum absolute atomic E-state index is 12.8. The minimum absolute atomic E-state index is 0.0386. The Morgan fingerprint density at radius 3 is 2.91 bits per heavy atom. The number of nitrogens with zero attached hydrogens (tertiary/aromatic N) is 5. The van der Waals surface area contributed by atoms with Crippen LogP contribution in [0.25, 0.3) is 0 Å². The molecule has 0 spiro atoms. The summed E-state index contributed by atoms with van der Waals surface area (Å²) in [5.41, 5.74) is 2.40. The molecule has 15 heteroatoms. The number of fused-ring (bicyclic) bond motifs is 1. The van der Waals surface area contributed by atoms with Gasteiger partial charge in [-0.3, -0.25) is 14.5 Å². The lowest BCUT2D eigenvalue weighted by Crippen LogP contribution is -2.71. The summed E-state index contributed by atoms with van der Waals surface area (Å²) in [6, 6.07) is -0.873. The number of aryl methyl sites for hydroxylation is 1. The number of nitrogens with one attached hydrogen (secondary N) is 1. The number of carboxylic acid groups (broad SMARTS) is 1.